The number of nitrogens with zero attached hydrogens (tertiary/aromatic N) is 3. The van der Waals surface area contributed by atoms with E-state index >= 15 is 0 Å². The van der Waals surface area contributed by atoms with Crippen molar-refractivity contribution >= 4 is 17.5 Å². The first-order valence-corrected chi connectivity index (χ1v) is 10.2. The van der Waals surface area contributed by atoms with E-state index < -0.39 is 0 Å². The average Bonchev–Trinajstić information content (AvgIpc) is 3.26. The van der Waals surface area contributed by atoms with Crippen molar-refractivity contribution < 1.29 is 13.9 Å². The van der Waals surface area contributed by atoms with Crippen LogP contribution < -0.4 is 4.74 Å². The van der Waals surface area contributed by atoms with Gasteiger partial charge >= 0.3 is 0 Å². The number of hydrogen-bond donors (Lipinski definition) is 1. The molecule has 0 saturated carbocycles. The Morgan fingerprint density at radius 3 is 2.47 bits per heavy atom. The molecule has 1 amide bonds. The number of hydrogen-bond acceptors (Lipinski definition) is 4. The second kappa shape index (κ2) is 9.28. The molecule has 1 aliphatic heterocycles. The van der Waals surface area contributed by atoms with Gasteiger partial charge in [-0.05, 0) is 54.6 Å². The fraction of sp³-hybridized carbons (Fsp3) is 0.273. The number of nitrogens with one attached hydrogen (secondary N) is 1. The van der Waals surface area contributed by atoms with Crippen molar-refractivity contribution in [1.82, 2.24) is 20.0 Å². The lowest BCUT2D eigenvalue weighted by atomic mass is 10.1. The van der Waals surface area contributed by atoms with Gasteiger partial charge in [-0.3, -0.25) is 14.8 Å². The summed E-state index contributed by atoms with van der Waals surface area (Å²) >= 11 is 5.87. The summed E-state index contributed by atoms with van der Waals surface area (Å²) in [7, 11) is 0. The predicted octanol–water partition coefficient (Wildman–Crippen LogP) is 3.71. The highest BCUT2D eigenvalue weighted by molar-refractivity contribution is 6.30. The molecule has 156 valence electrons. The fourth-order valence-corrected chi connectivity index (χ4v) is 3.49. The number of carbonyl (C=O) groups is 1. The lowest BCUT2D eigenvalue weighted by Gasteiger charge is -2.34. The van der Waals surface area contributed by atoms with Crippen LogP contribution in [0.4, 0.5) is 4.39 Å². The van der Waals surface area contributed by atoms with Gasteiger partial charge in [0.2, 0.25) is 0 Å². The summed E-state index contributed by atoms with van der Waals surface area (Å²) in [6.07, 6.45) is 0. The first-order valence-electron chi connectivity index (χ1n) is 9.80. The van der Waals surface area contributed by atoms with E-state index in [2.05, 4.69) is 15.1 Å². The van der Waals surface area contributed by atoms with Gasteiger partial charge in [0, 0.05) is 43.3 Å². The van der Waals surface area contributed by atoms with Gasteiger partial charge < -0.3 is 9.64 Å². The highest BCUT2D eigenvalue weighted by Gasteiger charge is 2.23. The van der Waals surface area contributed by atoms with E-state index in [0.717, 1.165) is 30.9 Å². The third kappa shape index (κ3) is 4.98. The van der Waals surface area contributed by atoms with Crippen LogP contribution in [0.5, 0.6) is 5.75 Å². The maximum atomic E-state index is 13.1. The molecule has 0 aliphatic carbocycles. The van der Waals surface area contributed by atoms with E-state index in [1.807, 2.05) is 17.0 Å². The Labute approximate surface area is 179 Å². The normalized spacial score (nSPS) is 14.7. The van der Waals surface area contributed by atoms with Crippen LogP contribution >= 0.6 is 11.6 Å². The number of carbonyl (C=O) groups excluding carboxylic acids is 1. The molecule has 0 bridgehead atoms. The molecule has 2 heterocycles. The van der Waals surface area contributed by atoms with Crippen LogP contribution in [0.25, 0.3) is 11.3 Å². The van der Waals surface area contributed by atoms with Gasteiger partial charge in [0.05, 0.1) is 5.69 Å². The Morgan fingerprint density at radius 2 is 1.77 bits per heavy atom. The fourth-order valence-electron chi connectivity index (χ4n) is 3.37. The molecule has 1 N–H and O–H groups in total. The minimum Gasteiger partial charge on any atom is -0.492 e. The summed E-state index contributed by atoms with van der Waals surface area (Å²) in [5.41, 5.74) is 1.82. The maximum absolute atomic E-state index is 13.1. The number of aromatic nitrogens is 2. The number of H-pyrrole nitrogens is 1. The number of piperazine rings is 1. The first-order chi connectivity index (χ1) is 14.6. The monoisotopic (exact) mass is 428 g/mol. The zero-order valence-electron chi connectivity index (χ0n) is 16.4. The van der Waals surface area contributed by atoms with Crippen molar-refractivity contribution in [2.45, 2.75) is 0 Å². The van der Waals surface area contributed by atoms with E-state index in [-0.39, 0.29) is 11.7 Å². The van der Waals surface area contributed by atoms with Crippen molar-refractivity contribution in [3.05, 3.63) is 71.1 Å². The van der Waals surface area contributed by atoms with E-state index in [1.54, 1.807) is 30.3 Å². The summed E-state index contributed by atoms with van der Waals surface area (Å²) in [6.45, 7) is 4.24. The van der Waals surface area contributed by atoms with Crippen molar-refractivity contribution in [2.24, 2.45) is 0 Å². The van der Waals surface area contributed by atoms with Gasteiger partial charge in [0.1, 0.15) is 23.9 Å². The summed E-state index contributed by atoms with van der Waals surface area (Å²) in [5, 5.41) is 7.68. The number of ether oxygens (including phenoxy) is 1. The quantitative estimate of drug-likeness (QED) is 0.650. The van der Waals surface area contributed by atoms with Gasteiger partial charge in [-0.2, -0.15) is 5.10 Å². The van der Waals surface area contributed by atoms with Gasteiger partial charge in [0.25, 0.3) is 5.91 Å². The number of halogens is 2. The molecule has 8 heteroatoms. The number of amides is 1. The van der Waals surface area contributed by atoms with Crippen molar-refractivity contribution in [3.8, 4) is 17.0 Å². The topological polar surface area (TPSA) is 61.5 Å². The third-order valence-electron chi connectivity index (χ3n) is 5.10. The number of benzene rings is 2. The molecule has 1 aromatic heterocycles. The molecular formula is C22H22ClFN4O2. The molecule has 0 atom stereocenters. The van der Waals surface area contributed by atoms with E-state index in [9.17, 15) is 9.18 Å². The standard InChI is InChI=1S/C22H22ClFN4O2/c23-17-3-7-19(8-4-17)30-14-13-27-9-11-28(12-10-27)22(29)21-15-20(25-26-21)16-1-5-18(24)6-2-16/h1-8,15H,9-14H2,(H,25,26). The largest absolute Gasteiger partial charge is 0.492 e. The predicted molar refractivity (Wildman–Crippen MR) is 113 cm³/mol. The molecule has 2 aromatic carbocycles. The van der Waals surface area contributed by atoms with Crippen LogP contribution in [0, 0.1) is 5.82 Å². The zero-order chi connectivity index (χ0) is 20.9. The Morgan fingerprint density at radius 1 is 1.07 bits per heavy atom. The molecular weight excluding hydrogens is 407 g/mol. The van der Waals surface area contributed by atoms with E-state index in [0.29, 0.717) is 36.1 Å². The Hall–Kier alpha value is -2.90. The summed E-state index contributed by atoms with van der Waals surface area (Å²) < 4.78 is 18.8. The van der Waals surface area contributed by atoms with Crippen LogP contribution in [-0.4, -0.2) is 65.2 Å². The van der Waals surface area contributed by atoms with Gasteiger partial charge in [-0.15, -0.1) is 0 Å². The summed E-state index contributed by atoms with van der Waals surface area (Å²) in [6, 6.07) is 15.1. The number of rotatable bonds is 6. The second-order valence-corrected chi connectivity index (χ2v) is 7.55. The van der Waals surface area contributed by atoms with E-state index in [1.165, 1.54) is 12.1 Å². The highest BCUT2D eigenvalue weighted by atomic mass is 35.5. The first kappa shape index (κ1) is 20.4. The third-order valence-corrected chi connectivity index (χ3v) is 5.35. The molecule has 1 aliphatic rings. The maximum Gasteiger partial charge on any atom is 0.271 e. The minimum atomic E-state index is -0.304. The molecule has 0 radical (unpaired) electrons. The van der Waals surface area contributed by atoms with Gasteiger partial charge in [-0.1, -0.05) is 11.6 Å². The Balaban J connectivity index is 1.25. The van der Waals surface area contributed by atoms with Crippen LogP contribution in [0.3, 0.4) is 0 Å². The molecule has 0 unspecified atom stereocenters. The lowest BCUT2D eigenvalue weighted by molar-refractivity contribution is 0.0614. The van der Waals surface area contributed by atoms with Crippen LogP contribution in [-0.2, 0) is 0 Å². The van der Waals surface area contributed by atoms with Crippen LogP contribution in [0.2, 0.25) is 5.02 Å². The molecule has 6 nitrogen and oxygen atoms in total. The van der Waals surface area contributed by atoms with Crippen molar-refractivity contribution in [2.75, 3.05) is 39.3 Å². The van der Waals surface area contributed by atoms with Gasteiger partial charge in [-0.25, -0.2) is 4.39 Å². The minimum absolute atomic E-state index is 0.0760. The molecule has 4 rings (SSSR count). The van der Waals surface area contributed by atoms with Crippen LogP contribution in [0.1, 0.15) is 10.5 Å². The second-order valence-electron chi connectivity index (χ2n) is 7.11. The molecule has 0 spiro atoms. The van der Waals surface area contributed by atoms with Crippen molar-refractivity contribution in [3.63, 3.8) is 0 Å². The molecule has 1 saturated heterocycles. The van der Waals surface area contributed by atoms with Crippen LogP contribution in [0.15, 0.2) is 54.6 Å². The summed E-state index contributed by atoms with van der Waals surface area (Å²) in [4.78, 5) is 16.9. The Bertz CT molecular complexity index is 983. The lowest BCUT2D eigenvalue weighted by Crippen LogP contribution is -2.49. The zero-order valence-corrected chi connectivity index (χ0v) is 17.1. The SMILES string of the molecule is O=C(c1cc(-c2ccc(F)cc2)n[nH]1)N1CCN(CCOc2ccc(Cl)cc2)CC1. The average molecular weight is 429 g/mol. The Kier molecular flexibility index (Phi) is 6.30. The molecule has 3 aromatic rings. The summed E-state index contributed by atoms with van der Waals surface area (Å²) in [5.74, 6) is 0.416. The van der Waals surface area contributed by atoms with Crippen molar-refractivity contribution in [1.29, 1.82) is 0 Å². The number of aromatic amines is 1. The van der Waals surface area contributed by atoms with E-state index in [4.69, 9.17) is 16.3 Å². The molecule has 1 fully saturated rings. The van der Waals surface area contributed by atoms with Gasteiger partial charge in [0.15, 0.2) is 0 Å². The highest BCUT2D eigenvalue weighted by Crippen LogP contribution is 2.19. The smallest absolute Gasteiger partial charge is 0.271 e. The molecule has 30 heavy (non-hydrogen) atoms.